The number of carbonyl (C=O) groups is 1. The first-order valence-electron chi connectivity index (χ1n) is 7.09. The number of carbonyl (C=O) groups excluding carboxylic acids is 1. The molecule has 2 atom stereocenters. The summed E-state index contributed by atoms with van der Waals surface area (Å²) in [4.78, 5) is 14.7. The average molecular weight is 255 g/mol. The summed E-state index contributed by atoms with van der Waals surface area (Å²) in [6, 6.07) is 9.98. The van der Waals surface area contributed by atoms with E-state index in [2.05, 4.69) is 4.90 Å². The van der Waals surface area contributed by atoms with Crippen LogP contribution >= 0.6 is 0 Å². The third-order valence-electron chi connectivity index (χ3n) is 4.56. The third kappa shape index (κ3) is 1.84. The van der Waals surface area contributed by atoms with Crippen molar-refractivity contribution >= 4 is 5.91 Å². The van der Waals surface area contributed by atoms with Crippen LogP contribution in [0, 0.1) is 5.92 Å². The number of hydrogen-bond donors (Lipinski definition) is 0. The standard InChI is InChI=1S/C16H17NO2/c18-16(11-5-2-1-3-6-11)17-8-4-7-12-9-14-15(19-14)10-13(12)17/h1-3,5-6,12-13H,4,7-10H2/t12-,13-/m0/s1. The van der Waals surface area contributed by atoms with Gasteiger partial charge in [-0.3, -0.25) is 4.79 Å². The molecular weight excluding hydrogens is 238 g/mol. The second-order valence-corrected chi connectivity index (χ2v) is 5.69. The lowest BCUT2D eigenvalue weighted by molar-refractivity contribution is 0.0490. The third-order valence-corrected chi connectivity index (χ3v) is 4.56. The molecular formula is C16H17NO2. The molecule has 2 aliphatic heterocycles. The van der Waals surface area contributed by atoms with Gasteiger partial charge in [0.05, 0.1) is 0 Å². The molecule has 19 heavy (non-hydrogen) atoms. The molecule has 1 aromatic carbocycles. The number of ether oxygens (including phenoxy) is 1. The minimum Gasteiger partial charge on any atom is -0.459 e. The van der Waals surface area contributed by atoms with Gasteiger partial charge in [-0.25, -0.2) is 0 Å². The van der Waals surface area contributed by atoms with E-state index in [4.69, 9.17) is 4.74 Å². The van der Waals surface area contributed by atoms with Crippen molar-refractivity contribution < 1.29 is 9.53 Å². The molecule has 3 aliphatic rings. The molecule has 1 aliphatic carbocycles. The van der Waals surface area contributed by atoms with E-state index in [1.54, 1.807) is 0 Å². The summed E-state index contributed by atoms with van der Waals surface area (Å²) >= 11 is 0. The smallest absolute Gasteiger partial charge is 0.254 e. The first kappa shape index (κ1) is 11.1. The Hall–Kier alpha value is -1.77. The fourth-order valence-corrected chi connectivity index (χ4v) is 3.51. The van der Waals surface area contributed by atoms with Crippen LogP contribution in [-0.2, 0) is 4.74 Å². The number of benzene rings is 1. The van der Waals surface area contributed by atoms with Gasteiger partial charge in [0.25, 0.3) is 5.91 Å². The zero-order chi connectivity index (χ0) is 12.8. The van der Waals surface area contributed by atoms with E-state index in [-0.39, 0.29) is 5.91 Å². The average Bonchev–Trinajstić information content (AvgIpc) is 3.22. The van der Waals surface area contributed by atoms with Crippen LogP contribution < -0.4 is 0 Å². The Morgan fingerprint density at radius 1 is 1.16 bits per heavy atom. The van der Waals surface area contributed by atoms with Crippen molar-refractivity contribution in [3.63, 3.8) is 0 Å². The Bertz CT molecular complexity index is 549. The van der Waals surface area contributed by atoms with E-state index < -0.39 is 0 Å². The fraction of sp³-hybridized carbons (Fsp3) is 0.438. The second-order valence-electron chi connectivity index (χ2n) is 5.69. The highest BCUT2D eigenvalue weighted by Crippen LogP contribution is 2.47. The molecule has 1 saturated heterocycles. The topological polar surface area (TPSA) is 32.8 Å². The summed E-state index contributed by atoms with van der Waals surface area (Å²) in [5.74, 6) is 3.13. The minimum absolute atomic E-state index is 0.181. The SMILES string of the molecule is O=C(c1ccccc1)N1CCC[C@H]2CC3=C(C[C@@H]21)O3. The Morgan fingerprint density at radius 2 is 1.95 bits per heavy atom. The molecule has 4 rings (SSSR count). The van der Waals surface area contributed by atoms with E-state index in [0.29, 0.717) is 12.0 Å². The van der Waals surface area contributed by atoms with Crippen LogP contribution in [0.15, 0.2) is 41.9 Å². The lowest BCUT2D eigenvalue weighted by Gasteiger charge is -2.41. The van der Waals surface area contributed by atoms with Crippen LogP contribution in [-0.4, -0.2) is 23.4 Å². The van der Waals surface area contributed by atoms with Crippen molar-refractivity contribution in [2.24, 2.45) is 5.92 Å². The summed E-state index contributed by atoms with van der Waals surface area (Å²) in [7, 11) is 0. The van der Waals surface area contributed by atoms with Gasteiger partial charge in [-0.05, 0) is 30.9 Å². The zero-order valence-corrected chi connectivity index (χ0v) is 10.8. The van der Waals surface area contributed by atoms with Gasteiger partial charge in [0, 0.05) is 31.0 Å². The lowest BCUT2D eigenvalue weighted by Crippen LogP contribution is -2.48. The summed E-state index contributed by atoms with van der Waals surface area (Å²) in [6.07, 6.45) is 4.31. The molecule has 0 unspecified atom stereocenters. The van der Waals surface area contributed by atoms with Gasteiger partial charge in [0.15, 0.2) is 0 Å². The molecule has 1 aromatic rings. The molecule has 0 radical (unpaired) electrons. The Balaban J connectivity index is 1.60. The van der Waals surface area contributed by atoms with Crippen molar-refractivity contribution in [2.45, 2.75) is 31.7 Å². The van der Waals surface area contributed by atoms with Crippen LogP contribution in [0.25, 0.3) is 0 Å². The Kier molecular flexibility index (Phi) is 2.40. The first-order valence-corrected chi connectivity index (χ1v) is 7.09. The number of amides is 1. The van der Waals surface area contributed by atoms with Crippen molar-refractivity contribution in [1.29, 1.82) is 0 Å². The number of rotatable bonds is 1. The normalized spacial score (nSPS) is 28.3. The minimum atomic E-state index is 0.181. The maximum Gasteiger partial charge on any atom is 0.254 e. The molecule has 98 valence electrons. The molecule has 3 nitrogen and oxygen atoms in total. The summed E-state index contributed by atoms with van der Waals surface area (Å²) in [6.45, 7) is 0.886. The number of hydrogen-bond acceptors (Lipinski definition) is 2. The van der Waals surface area contributed by atoms with Gasteiger partial charge in [0.1, 0.15) is 11.5 Å². The van der Waals surface area contributed by atoms with Gasteiger partial charge in [0.2, 0.25) is 0 Å². The van der Waals surface area contributed by atoms with E-state index in [1.165, 1.54) is 12.2 Å². The largest absolute Gasteiger partial charge is 0.459 e. The van der Waals surface area contributed by atoms with Crippen molar-refractivity contribution in [1.82, 2.24) is 4.90 Å². The van der Waals surface area contributed by atoms with Crippen LogP contribution in [0.5, 0.6) is 0 Å². The molecule has 2 heterocycles. The van der Waals surface area contributed by atoms with Crippen LogP contribution in [0.2, 0.25) is 0 Å². The molecule has 0 spiro atoms. The van der Waals surface area contributed by atoms with Crippen molar-refractivity contribution in [2.75, 3.05) is 6.54 Å². The molecule has 3 heteroatoms. The zero-order valence-electron chi connectivity index (χ0n) is 10.8. The summed E-state index contributed by atoms with van der Waals surface area (Å²) in [5, 5.41) is 0. The second kappa shape index (κ2) is 4.12. The van der Waals surface area contributed by atoms with Gasteiger partial charge in [-0.1, -0.05) is 18.2 Å². The maximum absolute atomic E-state index is 12.6. The van der Waals surface area contributed by atoms with E-state index in [1.807, 2.05) is 30.3 Å². The first-order chi connectivity index (χ1) is 9.33. The van der Waals surface area contributed by atoms with Crippen molar-refractivity contribution in [3.05, 3.63) is 47.4 Å². The lowest BCUT2D eigenvalue weighted by atomic mass is 9.81. The number of likely N-dealkylation sites (tertiary alicyclic amines) is 1. The Morgan fingerprint density at radius 3 is 2.79 bits per heavy atom. The molecule has 0 N–H and O–H groups in total. The number of piperidine rings is 1. The van der Waals surface area contributed by atoms with E-state index in [9.17, 15) is 4.79 Å². The predicted octanol–water partition coefficient (Wildman–Crippen LogP) is 2.94. The highest BCUT2D eigenvalue weighted by atomic mass is 16.6. The van der Waals surface area contributed by atoms with Gasteiger partial charge in [-0.2, -0.15) is 0 Å². The fourth-order valence-electron chi connectivity index (χ4n) is 3.51. The monoisotopic (exact) mass is 255 g/mol. The van der Waals surface area contributed by atoms with Crippen LogP contribution in [0.3, 0.4) is 0 Å². The molecule has 0 bridgehead atoms. The molecule has 1 fully saturated rings. The van der Waals surface area contributed by atoms with Gasteiger partial charge >= 0.3 is 0 Å². The van der Waals surface area contributed by atoms with E-state index in [0.717, 1.165) is 37.1 Å². The number of fused-ring (bicyclic) bond motifs is 1. The quantitative estimate of drug-likeness (QED) is 0.773. The molecule has 0 aromatic heterocycles. The van der Waals surface area contributed by atoms with Crippen LogP contribution in [0.4, 0.5) is 0 Å². The summed E-state index contributed by atoms with van der Waals surface area (Å²) in [5.41, 5.74) is 0.805. The predicted molar refractivity (Wildman–Crippen MR) is 71.3 cm³/mol. The Labute approximate surface area is 112 Å². The highest BCUT2D eigenvalue weighted by molar-refractivity contribution is 5.94. The van der Waals surface area contributed by atoms with E-state index >= 15 is 0 Å². The maximum atomic E-state index is 12.6. The van der Waals surface area contributed by atoms with Gasteiger partial charge in [-0.15, -0.1) is 0 Å². The van der Waals surface area contributed by atoms with Gasteiger partial charge < -0.3 is 9.64 Å². The number of allylic oxidation sites excluding steroid dienone is 1. The molecule has 0 saturated carbocycles. The van der Waals surface area contributed by atoms with Crippen LogP contribution in [0.1, 0.15) is 36.0 Å². The van der Waals surface area contributed by atoms with Crippen molar-refractivity contribution in [3.8, 4) is 0 Å². The summed E-state index contributed by atoms with van der Waals surface area (Å²) < 4.78 is 5.50. The molecule has 1 amide bonds. The number of nitrogens with zero attached hydrogens (tertiary/aromatic N) is 1. The highest BCUT2D eigenvalue weighted by Gasteiger charge is 2.44.